The fourth-order valence-corrected chi connectivity index (χ4v) is 7.17. The molecule has 0 aromatic rings. The Morgan fingerprint density at radius 1 is 1.33 bits per heavy atom. The van der Waals surface area contributed by atoms with E-state index in [9.17, 15) is 4.79 Å². The SMILES string of the molecule is C=CCOC(=O)CC[C@@H](C)C1CC[C@H]2[C@H](C)[C@@H](C(C)(C)CCC)CC[C@]12C. The second-order valence-electron chi connectivity index (χ2n) is 10.5. The lowest BCUT2D eigenvalue weighted by molar-refractivity contribution is -0.143. The molecule has 0 saturated heterocycles. The molecule has 2 aliphatic rings. The first kappa shape index (κ1) is 22.5. The van der Waals surface area contributed by atoms with Gasteiger partial charge in [-0.15, -0.1) is 0 Å². The van der Waals surface area contributed by atoms with Crippen LogP contribution in [0.4, 0.5) is 0 Å². The van der Waals surface area contributed by atoms with E-state index in [1.165, 1.54) is 38.5 Å². The molecule has 0 spiro atoms. The molecule has 6 atom stereocenters. The number of hydrogen-bond donors (Lipinski definition) is 0. The van der Waals surface area contributed by atoms with Crippen LogP contribution in [-0.4, -0.2) is 12.6 Å². The van der Waals surface area contributed by atoms with Crippen molar-refractivity contribution in [3.05, 3.63) is 12.7 Å². The largest absolute Gasteiger partial charge is 0.461 e. The van der Waals surface area contributed by atoms with Crippen molar-refractivity contribution in [1.82, 2.24) is 0 Å². The number of esters is 1. The summed E-state index contributed by atoms with van der Waals surface area (Å²) in [6.45, 7) is 18.8. The van der Waals surface area contributed by atoms with Crippen molar-refractivity contribution < 1.29 is 9.53 Å². The van der Waals surface area contributed by atoms with Gasteiger partial charge >= 0.3 is 5.97 Å². The molecule has 1 unspecified atom stereocenters. The predicted octanol–water partition coefficient (Wildman–Crippen LogP) is 7.04. The van der Waals surface area contributed by atoms with Crippen LogP contribution < -0.4 is 0 Å². The van der Waals surface area contributed by atoms with E-state index in [0.717, 1.165) is 30.1 Å². The van der Waals surface area contributed by atoms with Crippen LogP contribution in [0.5, 0.6) is 0 Å². The number of carbonyl (C=O) groups excluding carboxylic acids is 1. The van der Waals surface area contributed by atoms with Gasteiger partial charge in [-0.3, -0.25) is 4.79 Å². The smallest absolute Gasteiger partial charge is 0.306 e. The number of fused-ring (bicyclic) bond motifs is 1. The van der Waals surface area contributed by atoms with Crippen LogP contribution in [0.1, 0.15) is 92.9 Å². The highest BCUT2D eigenvalue weighted by molar-refractivity contribution is 5.69. The predicted molar refractivity (Wildman–Crippen MR) is 114 cm³/mol. The fraction of sp³-hybridized carbons (Fsp3) is 0.880. The van der Waals surface area contributed by atoms with Gasteiger partial charge in [-0.05, 0) is 78.9 Å². The highest BCUT2D eigenvalue weighted by atomic mass is 16.5. The third kappa shape index (κ3) is 4.80. The number of rotatable bonds is 9. The molecule has 0 aromatic heterocycles. The Hall–Kier alpha value is -0.790. The van der Waals surface area contributed by atoms with Crippen LogP contribution in [-0.2, 0) is 9.53 Å². The first-order chi connectivity index (χ1) is 12.7. The van der Waals surface area contributed by atoms with Crippen molar-refractivity contribution in [3.63, 3.8) is 0 Å². The molecule has 0 radical (unpaired) electrons. The minimum absolute atomic E-state index is 0.0696. The van der Waals surface area contributed by atoms with Gasteiger partial charge in [-0.25, -0.2) is 0 Å². The Morgan fingerprint density at radius 2 is 2.04 bits per heavy atom. The Morgan fingerprint density at radius 3 is 2.67 bits per heavy atom. The summed E-state index contributed by atoms with van der Waals surface area (Å²) < 4.78 is 5.17. The zero-order chi connectivity index (χ0) is 20.2. The van der Waals surface area contributed by atoms with Crippen molar-refractivity contribution >= 4 is 5.97 Å². The highest BCUT2D eigenvalue weighted by Gasteiger charge is 2.55. The van der Waals surface area contributed by atoms with Crippen LogP contribution in [0.25, 0.3) is 0 Å². The molecule has 0 aromatic carbocycles. The molecule has 2 aliphatic carbocycles. The summed E-state index contributed by atoms with van der Waals surface area (Å²) in [6, 6.07) is 0. The van der Waals surface area contributed by atoms with Crippen molar-refractivity contribution in [2.24, 2.45) is 40.4 Å². The minimum Gasteiger partial charge on any atom is -0.461 e. The van der Waals surface area contributed by atoms with Crippen LogP contribution >= 0.6 is 0 Å². The van der Waals surface area contributed by atoms with Gasteiger partial charge in [0.2, 0.25) is 0 Å². The topological polar surface area (TPSA) is 26.3 Å². The zero-order valence-electron chi connectivity index (χ0n) is 18.9. The van der Waals surface area contributed by atoms with Gasteiger partial charge in [0.15, 0.2) is 0 Å². The second-order valence-corrected chi connectivity index (χ2v) is 10.5. The molecule has 2 fully saturated rings. The molecule has 0 N–H and O–H groups in total. The summed E-state index contributed by atoms with van der Waals surface area (Å²) in [6.07, 6.45) is 11.3. The first-order valence-corrected chi connectivity index (χ1v) is 11.4. The van der Waals surface area contributed by atoms with E-state index in [2.05, 4.69) is 48.1 Å². The molecule has 2 heteroatoms. The minimum atomic E-state index is -0.0696. The monoisotopic (exact) mass is 376 g/mol. The van der Waals surface area contributed by atoms with E-state index >= 15 is 0 Å². The average molecular weight is 377 g/mol. The Balaban J connectivity index is 2.00. The van der Waals surface area contributed by atoms with E-state index in [4.69, 9.17) is 4.74 Å². The summed E-state index contributed by atoms with van der Waals surface area (Å²) in [4.78, 5) is 11.9. The molecular formula is C25H44O2. The van der Waals surface area contributed by atoms with Gasteiger partial charge in [-0.1, -0.05) is 60.6 Å². The summed E-state index contributed by atoms with van der Waals surface area (Å²) in [5.41, 5.74) is 0.927. The number of carbonyl (C=O) groups is 1. The van der Waals surface area contributed by atoms with E-state index in [0.29, 0.717) is 29.8 Å². The van der Waals surface area contributed by atoms with Gasteiger partial charge in [0.25, 0.3) is 0 Å². The second kappa shape index (κ2) is 9.14. The van der Waals surface area contributed by atoms with Crippen molar-refractivity contribution in [3.8, 4) is 0 Å². The maximum Gasteiger partial charge on any atom is 0.306 e. The maximum absolute atomic E-state index is 11.9. The Labute approximate surface area is 168 Å². The van der Waals surface area contributed by atoms with Gasteiger partial charge in [0.05, 0.1) is 0 Å². The Bertz CT molecular complexity index is 508. The number of ether oxygens (including phenoxy) is 1. The Kier molecular flexibility index (Phi) is 7.62. The van der Waals surface area contributed by atoms with E-state index in [1.807, 2.05) is 0 Å². The molecule has 2 rings (SSSR count). The lowest BCUT2D eigenvalue weighted by Gasteiger charge is -2.53. The van der Waals surface area contributed by atoms with Crippen LogP contribution in [0.2, 0.25) is 0 Å². The molecule has 2 saturated carbocycles. The summed E-state index contributed by atoms with van der Waals surface area (Å²) in [5.74, 6) is 3.82. The van der Waals surface area contributed by atoms with Gasteiger partial charge in [0.1, 0.15) is 6.61 Å². The van der Waals surface area contributed by atoms with Gasteiger partial charge in [-0.2, -0.15) is 0 Å². The quantitative estimate of drug-likeness (QED) is 0.319. The van der Waals surface area contributed by atoms with Gasteiger partial charge < -0.3 is 4.74 Å². The van der Waals surface area contributed by atoms with Crippen LogP contribution in [0, 0.1) is 40.4 Å². The third-order valence-corrected chi connectivity index (χ3v) is 8.50. The highest BCUT2D eigenvalue weighted by Crippen LogP contribution is 2.63. The normalized spacial score (nSPS) is 34.7. The zero-order valence-corrected chi connectivity index (χ0v) is 18.9. The number of hydrogen-bond acceptors (Lipinski definition) is 2. The third-order valence-electron chi connectivity index (χ3n) is 8.50. The van der Waals surface area contributed by atoms with Gasteiger partial charge in [0, 0.05) is 6.42 Å². The molecule has 0 amide bonds. The molecule has 2 nitrogen and oxygen atoms in total. The lowest BCUT2D eigenvalue weighted by atomic mass is 9.52. The molecule has 0 heterocycles. The maximum atomic E-state index is 11.9. The van der Waals surface area contributed by atoms with Crippen LogP contribution in [0.15, 0.2) is 12.7 Å². The summed E-state index contributed by atoms with van der Waals surface area (Å²) >= 11 is 0. The molecule has 27 heavy (non-hydrogen) atoms. The van der Waals surface area contributed by atoms with E-state index in [1.54, 1.807) is 6.08 Å². The molecular weight excluding hydrogens is 332 g/mol. The van der Waals surface area contributed by atoms with E-state index < -0.39 is 0 Å². The molecule has 0 aliphatic heterocycles. The van der Waals surface area contributed by atoms with Crippen molar-refractivity contribution in [2.45, 2.75) is 92.9 Å². The molecule has 156 valence electrons. The first-order valence-electron chi connectivity index (χ1n) is 11.4. The lowest BCUT2D eigenvalue weighted by Crippen LogP contribution is -2.45. The van der Waals surface area contributed by atoms with Crippen LogP contribution in [0.3, 0.4) is 0 Å². The van der Waals surface area contributed by atoms with E-state index in [-0.39, 0.29) is 5.97 Å². The fourth-order valence-electron chi connectivity index (χ4n) is 7.17. The molecule has 0 bridgehead atoms. The average Bonchev–Trinajstić information content (AvgIpc) is 2.95. The summed E-state index contributed by atoms with van der Waals surface area (Å²) in [7, 11) is 0. The van der Waals surface area contributed by atoms with Crippen molar-refractivity contribution in [1.29, 1.82) is 0 Å². The standard InChI is InChI=1S/C25H44O2/c1-8-15-24(5,6)21-14-16-25(7)20(11-12-22(25)19(21)4)18(3)10-13-23(26)27-17-9-2/h9,18-22H,2,8,10-17H2,1,3-7H3/t18-,19-,20?,21+,22+,25-/m1/s1. The van der Waals surface area contributed by atoms with Crippen molar-refractivity contribution in [2.75, 3.05) is 6.61 Å². The summed E-state index contributed by atoms with van der Waals surface area (Å²) in [5, 5.41) is 0.